The van der Waals surface area contributed by atoms with Gasteiger partial charge in [0.15, 0.2) is 0 Å². The average Bonchev–Trinajstić information content (AvgIpc) is 2.79. The highest BCUT2D eigenvalue weighted by atomic mass is 16.5. The Morgan fingerprint density at radius 3 is 2.48 bits per heavy atom. The van der Waals surface area contributed by atoms with Crippen LogP contribution in [0.3, 0.4) is 0 Å². The molecular weight excluding hydrogens is 276 g/mol. The van der Waals surface area contributed by atoms with Gasteiger partial charge in [-0.15, -0.1) is 0 Å². The predicted octanol–water partition coefficient (Wildman–Crippen LogP) is 1.49. The molecule has 2 heterocycles. The van der Waals surface area contributed by atoms with Gasteiger partial charge in [0, 0.05) is 13.1 Å². The van der Waals surface area contributed by atoms with Gasteiger partial charge in [-0.05, 0) is 31.0 Å². The Kier molecular flexibility index (Phi) is 3.42. The number of ether oxygens (including phenoxy) is 1. The number of rotatable bonds is 2. The zero-order valence-corrected chi connectivity index (χ0v) is 11.3. The number of amides is 2. The van der Waals surface area contributed by atoms with E-state index in [0.29, 0.717) is 13.1 Å². The van der Waals surface area contributed by atoms with E-state index in [1.165, 1.54) is 12.1 Å². The van der Waals surface area contributed by atoms with Crippen molar-refractivity contribution < 1.29 is 24.5 Å². The fourth-order valence-corrected chi connectivity index (χ4v) is 2.75. The lowest BCUT2D eigenvalue weighted by Crippen LogP contribution is -2.47. The van der Waals surface area contributed by atoms with Gasteiger partial charge in [0.05, 0.1) is 23.5 Å². The van der Waals surface area contributed by atoms with Gasteiger partial charge in [0.1, 0.15) is 5.75 Å². The second kappa shape index (κ2) is 5.25. The summed E-state index contributed by atoms with van der Waals surface area (Å²) in [5.74, 6) is -1.40. The molecule has 7 nitrogen and oxygen atoms in total. The molecule has 2 saturated heterocycles. The second-order valence-electron chi connectivity index (χ2n) is 5.33. The molecule has 2 bridgehead atoms. The fourth-order valence-electron chi connectivity index (χ4n) is 2.75. The molecule has 21 heavy (non-hydrogen) atoms. The molecule has 2 aliphatic rings. The SMILES string of the molecule is O=C(O)c1ccc(NC(=O)N2CC3CCC(C2)O3)c(O)c1. The number of carboxylic acids is 1. The lowest BCUT2D eigenvalue weighted by Gasteiger charge is -2.32. The number of anilines is 1. The summed E-state index contributed by atoms with van der Waals surface area (Å²) in [4.78, 5) is 24.6. The second-order valence-corrected chi connectivity index (χ2v) is 5.33. The smallest absolute Gasteiger partial charge is 0.335 e. The summed E-state index contributed by atoms with van der Waals surface area (Å²) in [7, 11) is 0. The molecule has 0 saturated carbocycles. The van der Waals surface area contributed by atoms with Gasteiger partial charge in [-0.3, -0.25) is 0 Å². The van der Waals surface area contributed by atoms with Gasteiger partial charge in [-0.1, -0.05) is 0 Å². The number of carbonyl (C=O) groups excluding carboxylic acids is 1. The molecule has 3 rings (SSSR count). The maximum Gasteiger partial charge on any atom is 0.335 e. The van der Waals surface area contributed by atoms with Crippen LogP contribution in [0.1, 0.15) is 23.2 Å². The van der Waals surface area contributed by atoms with Gasteiger partial charge in [0.2, 0.25) is 0 Å². The number of urea groups is 1. The van der Waals surface area contributed by atoms with E-state index >= 15 is 0 Å². The van der Waals surface area contributed by atoms with Crippen molar-refractivity contribution in [3.8, 4) is 5.75 Å². The molecule has 2 unspecified atom stereocenters. The number of aromatic carboxylic acids is 1. The number of fused-ring (bicyclic) bond motifs is 2. The van der Waals surface area contributed by atoms with E-state index in [1.807, 2.05) is 0 Å². The Bertz CT molecular complexity index is 577. The minimum Gasteiger partial charge on any atom is -0.506 e. The summed E-state index contributed by atoms with van der Waals surface area (Å²) < 4.78 is 5.66. The number of aromatic hydroxyl groups is 1. The van der Waals surface area contributed by atoms with Crippen molar-refractivity contribution in [2.75, 3.05) is 18.4 Å². The highest BCUT2D eigenvalue weighted by molar-refractivity contribution is 5.93. The van der Waals surface area contributed by atoms with Crippen LogP contribution in [0, 0.1) is 0 Å². The van der Waals surface area contributed by atoms with Crippen LogP contribution in [-0.4, -0.2) is 52.4 Å². The number of nitrogens with zero attached hydrogens (tertiary/aromatic N) is 1. The van der Waals surface area contributed by atoms with Gasteiger partial charge in [0.25, 0.3) is 0 Å². The normalized spacial score (nSPS) is 23.9. The first kappa shape index (κ1) is 13.7. The number of phenols is 1. The number of morpholine rings is 1. The van der Waals surface area contributed by atoms with Crippen molar-refractivity contribution in [1.29, 1.82) is 0 Å². The number of likely N-dealkylation sites (tertiary alicyclic amines) is 1. The summed E-state index contributed by atoms with van der Waals surface area (Å²) in [6.07, 6.45) is 2.12. The molecule has 1 aromatic rings. The fraction of sp³-hybridized carbons (Fsp3) is 0.429. The Labute approximate surface area is 121 Å². The zero-order valence-electron chi connectivity index (χ0n) is 11.3. The van der Waals surface area contributed by atoms with Gasteiger partial charge in [-0.25, -0.2) is 9.59 Å². The van der Waals surface area contributed by atoms with E-state index in [9.17, 15) is 14.7 Å². The van der Waals surface area contributed by atoms with E-state index in [0.717, 1.165) is 18.9 Å². The van der Waals surface area contributed by atoms with Crippen molar-refractivity contribution >= 4 is 17.7 Å². The van der Waals surface area contributed by atoms with E-state index in [1.54, 1.807) is 4.90 Å². The van der Waals surface area contributed by atoms with E-state index in [2.05, 4.69) is 5.32 Å². The van der Waals surface area contributed by atoms with Crippen LogP contribution in [0.4, 0.5) is 10.5 Å². The number of hydrogen-bond donors (Lipinski definition) is 3. The molecule has 2 aliphatic heterocycles. The predicted molar refractivity (Wildman–Crippen MR) is 73.6 cm³/mol. The molecule has 0 aliphatic carbocycles. The van der Waals surface area contributed by atoms with Gasteiger partial charge in [-0.2, -0.15) is 0 Å². The summed E-state index contributed by atoms with van der Waals surface area (Å²) in [5.41, 5.74) is 0.166. The molecule has 112 valence electrons. The zero-order chi connectivity index (χ0) is 15.0. The quantitative estimate of drug-likeness (QED) is 0.717. The molecule has 3 N–H and O–H groups in total. The molecule has 2 atom stereocenters. The monoisotopic (exact) mass is 292 g/mol. The summed E-state index contributed by atoms with van der Waals surface area (Å²) in [6.45, 7) is 1.08. The number of hydrogen-bond acceptors (Lipinski definition) is 4. The highest BCUT2D eigenvalue weighted by Crippen LogP contribution is 2.28. The number of carbonyl (C=O) groups is 2. The van der Waals surface area contributed by atoms with Crippen molar-refractivity contribution in [3.63, 3.8) is 0 Å². The Hall–Kier alpha value is -2.28. The molecule has 0 radical (unpaired) electrons. The Balaban J connectivity index is 1.68. The largest absolute Gasteiger partial charge is 0.506 e. The van der Waals surface area contributed by atoms with Crippen LogP contribution in [0.15, 0.2) is 18.2 Å². The topological polar surface area (TPSA) is 99.1 Å². The average molecular weight is 292 g/mol. The molecular formula is C14H16N2O5. The van der Waals surface area contributed by atoms with Gasteiger partial charge < -0.3 is 25.2 Å². The third-order valence-electron chi connectivity index (χ3n) is 3.82. The minimum absolute atomic E-state index is 0.0325. The first-order valence-electron chi connectivity index (χ1n) is 6.80. The maximum absolute atomic E-state index is 12.2. The van der Waals surface area contributed by atoms with Gasteiger partial charge >= 0.3 is 12.0 Å². The number of benzene rings is 1. The van der Waals surface area contributed by atoms with E-state index in [4.69, 9.17) is 9.84 Å². The lowest BCUT2D eigenvalue weighted by atomic mass is 10.2. The number of phenolic OH excluding ortho intramolecular Hbond substituents is 1. The Morgan fingerprint density at radius 1 is 1.24 bits per heavy atom. The standard InChI is InChI=1S/C14H16N2O5/c17-12-5-8(13(18)19)1-4-11(12)15-14(20)16-6-9-2-3-10(7-16)21-9/h1,4-5,9-10,17H,2-3,6-7H2,(H,15,20)(H,18,19). The minimum atomic E-state index is -1.13. The van der Waals surface area contributed by atoms with E-state index in [-0.39, 0.29) is 35.2 Å². The first-order chi connectivity index (χ1) is 10.0. The number of carboxylic acid groups (broad SMARTS) is 1. The van der Waals surface area contributed by atoms with Crippen LogP contribution >= 0.6 is 0 Å². The third-order valence-corrected chi connectivity index (χ3v) is 3.82. The summed E-state index contributed by atoms with van der Waals surface area (Å²) >= 11 is 0. The van der Waals surface area contributed by atoms with Crippen LogP contribution in [0.5, 0.6) is 5.75 Å². The lowest BCUT2D eigenvalue weighted by molar-refractivity contribution is -0.0219. The summed E-state index contributed by atoms with van der Waals surface area (Å²) in [5, 5.41) is 21.2. The van der Waals surface area contributed by atoms with Crippen LogP contribution in [-0.2, 0) is 4.74 Å². The van der Waals surface area contributed by atoms with Crippen LogP contribution in [0.2, 0.25) is 0 Å². The number of nitrogens with one attached hydrogen (secondary N) is 1. The molecule has 0 aromatic heterocycles. The van der Waals surface area contributed by atoms with Crippen molar-refractivity contribution in [2.24, 2.45) is 0 Å². The Morgan fingerprint density at radius 2 is 1.90 bits per heavy atom. The first-order valence-corrected chi connectivity index (χ1v) is 6.80. The van der Waals surface area contributed by atoms with Crippen molar-refractivity contribution in [3.05, 3.63) is 23.8 Å². The van der Waals surface area contributed by atoms with Crippen LogP contribution in [0.25, 0.3) is 0 Å². The molecule has 1 aromatic carbocycles. The molecule has 2 fully saturated rings. The van der Waals surface area contributed by atoms with E-state index < -0.39 is 5.97 Å². The molecule has 7 heteroatoms. The third kappa shape index (κ3) is 2.78. The van der Waals surface area contributed by atoms with Crippen molar-refractivity contribution in [1.82, 2.24) is 4.90 Å². The molecule has 0 spiro atoms. The maximum atomic E-state index is 12.2. The van der Waals surface area contributed by atoms with Crippen LogP contribution < -0.4 is 5.32 Å². The summed E-state index contributed by atoms with van der Waals surface area (Å²) in [6, 6.07) is 3.52. The molecule has 2 amide bonds. The highest BCUT2D eigenvalue weighted by Gasteiger charge is 2.35. The van der Waals surface area contributed by atoms with Crippen molar-refractivity contribution in [2.45, 2.75) is 25.0 Å².